The van der Waals surface area contributed by atoms with Gasteiger partial charge < -0.3 is 9.84 Å². The maximum absolute atomic E-state index is 12.1. The molecule has 3 nitrogen and oxygen atoms in total. The van der Waals surface area contributed by atoms with Gasteiger partial charge in [-0.2, -0.15) is 0 Å². The highest BCUT2D eigenvalue weighted by Crippen LogP contribution is 2.62. The molecule has 140 valence electrons. The van der Waals surface area contributed by atoms with Gasteiger partial charge in [0, 0.05) is 6.61 Å². The fraction of sp³-hybridized carbons (Fsp3) is 0.773. The third kappa shape index (κ3) is 2.89. The fourth-order valence-corrected chi connectivity index (χ4v) is 6.00. The van der Waals surface area contributed by atoms with Crippen molar-refractivity contribution in [3.05, 3.63) is 23.3 Å². The topological polar surface area (TPSA) is 46.5 Å². The second kappa shape index (κ2) is 6.57. The van der Waals surface area contributed by atoms with Crippen LogP contribution in [0.4, 0.5) is 0 Å². The van der Waals surface area contributed by atoms with Crippen LogP contribution in [0.5, 0.6) is 0 Å². The van der Waals surface area contributed by atoms with Crippen molar-refractivity contribution in [2.75, 3.05) is 6.61 Å². The van der Waals surface area contributed by atoms with Crippen LogP contribution >= 0.6 is 0 Å². The summed E-state index contributed by atoms with van der Waals surface area (Å²) in [5.74, 6) is 0.510. The van der Waals surface area contributed by atoms with Crippen molar-refractivity contribution in [1.82, 2.24) is 0 Å². The van der Waals surface area contributed by atoms with Crippen LogP contribution in [0.2, 0.25) is 0 Å². The first kappa shape index (κ1) is 18.7. The lowest BCUT2D eigenvalue weighted by Gasteiger charge is -2.57. The van der Waals surface area contributed by atoms with E-state index in [-0.39, 0.29) is 17.4 Å². The summed E-state index contributed by atoms with van der Waals surface area (Å²) < 4.78 is 6.12. The van der Waals surface area contributed by atoms with E-state index in [1.807, 2.05) is 6.92 Å². The Labute approximate surface area is 152 Å². The number of allylic oxidation sites excluding steroid dienone is 3. The van der Waals surface area contributed by atoms with Gasteiger partial charge in [-0.15, -0.1) is 0 Å². The standard InChI is InChI=1S/C22H34O3/c1-6-25-18-13-17-15(12-16(18)14(2)3)8-9-19-21(17,4)10-7-11-22(19,5)20(23)24/h8,12,14,17-19H,6-7,9-11,13H2,1-5H3,(H,23,24)/t17?,18-,19?,21+,22+/m0/s1. The molecule has 3 rings (SSSR count). The predicted octanol–water partition coefficient (Wildman–Crippen LogP) is 5.22. The van der Waals surface area contributed by atoms with Gasteiger partial charge in [0.25, 0.3) is 0 Å². The zero-order valence-corrected chi connectivity index (χ0v) is 16.5. The van der Waals surface area contributed by atoms with Crippen LogP contribution in [-0.2, 0) is 9.53 Å². The van der Waals surface area contributed by atoms with E-state index in [9.17, 15) is 9.90 Å². The van der Waals surface area contributed by atoms with E-state index in [2.05, 4.69) is 39.8 Å². The Morgan fingerprint density at radius 3 is 2.68 bits per heavy atom. The monoisotopic (exact) mass is 346 g/mol. The van der Waals surface area contributed by atoms with Crippen LogP contribution in [-0.4, -0.2) is 23.8 Å². The summed E-state index contributed by atoms with van der Waals surface area (Å²) >= 11 is 0. The van der Waals surface area contributed by atoms with E-state index in [4.69, 9.17) is 4.74 Å². The summed E-state index contributed by atoms with van der Waals surface area (Å²) in [6.45, 7) is 11.6. The second-order valence-corrected chi connectivity index (χ2v) is 9.11. The molecule has 0 bridgehead atoms. The van der Waals surface area contributed by atoms with Crippen molar-refractivity contribution in [3.63, 3.8) is 0 Å². The minimum atomic E-state index is -0.615. The van der Waals surface area contributed by atoms with Gasteiger partial charge in [-0.3, -0.25) is 4.79 Å². The van der Waals surface area contributed by atoms with Crippen LogP contribution < -0.4 is 0 Å². The quantitative estimate of drug-likeness (QED) is 0.759. The van der Waals surface area contributed by atoms with E-state index in [0.29, 0.717) is 11.8 Å². The van der Waals surface area contributed by atoms with E-state index in [1.165, 1.54) is 11.1 Å². The number of carboxylic acids is 1. The Bertz CT molecular complexity index is 602. The lowest BCUT2D eigenvalue weighted by molar-refractivity contribution is -0.163. The minimum absolute atomic E-state index is 0.0594. The number of fused-ring (bicyclic) bond motifs is 3. The van der Waals surface area contributed by atoms with Gasteiger partial charge in [0.2, 0.25) is 0 Å². The van der Waals surface area contributed by atoms with Gasteiger partial charge in [-0.05, 0) is 73.8 Å². The number of hydrogen-bond donors (Lipinski definition) is 1. The van der Waals surface area contributed by atoms with Gasteiger partial charge in [-0.1, -0.05) is 39.3 Å². The zero-order chi connectivity index (χ0) is 18.4. The SMILES string of the molecule is CCO[C@H]1CC2C(=CCC3[C@]2(C)CCC[C@@]3(C)C(=O)O)C=C1C(C)C. The summed E-state index contributed by atoms with van der Waals surface area (Å²) in [5, 5.41) is 9.94. The molecule has 0 spiro atoms. The Balaban J connectivity index is 2.02. The van der Waals surface area contributed by atoms with Crippen LogP contribution in [0.15, 0.2) is 23.3 Å². The molecule has 1 N–H and O–H groups in total. The van der Waals surface area contributed by atoms with Crippen molar-refractivity contribution in [2.45, 2.75) is 72.8 Å². The lowest BCUT2D eigenvalue weighted by atomic mass is 9.46. The molecule has 0 aromatic heterocycles. The van der Waals surface area contributed by atoms with Gasteiger partial charge in [0.05, 0.1) is 11.5 Å². The number of ether oxygens (including phenoxy) is 1. The largest absolute Gasteiger partial charge is 0.481 e. The Morgan fingerprint density at radius 1 is 1.36 bits per heavy atom. The van der Waals surface area contributed by atoms with Crippen molar-refractivity contribution >= 4 is 5.97 Å². The third-order valence-corrected chi connectivity index (χ3v) is 7.44. The highest BCUT2D eigenvalue weighted by Gasteiger charge is 2.57. The molecule has 3 heteroatoms. The maximum Gasteiger partial charge on any atom is 0.309 e. The van der Waals surface area contributed by atoms with Crippen LogP contribution in [0.3, 0.4) is 0 Å². The summed E-state index contributed by atoms with van der Waals surface area (Å²) in [4.78, 5) is 12.1. The van der Waals surface area contributed by atoms with E-state index < -0.39 is 11.4 Å². The Kier molecular flexibility index (Phi) is 4.91. The van der Waals surface area contributed by atoms with Gasteiger partial charge in [0.1, 0.15) is 0 Å². The van der Waals surface area contributed by atoms with Gasteiger partial charge >= 0.3 is 5.97 Å². The average Bonchev–Trinajstić information content (AvgIpc) is 2.54. The van der Waals surface area contributed by atoms with E-state index in [1.54, 1.807) is 0 Å². The number of hydrogen-bond acceptors (Lipinski definition) is 2. The summed E-state index contributed by atoms with van der Waals surface area (Å²) in [6.07, 6.45) is 9.76. The molecule has 5 atom stereocenters. The highest BCUT2D eigenvalue weighted by atomic mass is 16.5. The summed E-state index contributed by atoms with van der Waals surface area (Å²) in [6, 6.07) is 0. The number of carbonyl (C=O) groups is 1. The van der Waals surface area contributed by atoms with Crippen molar-refractivity contribution in [3.8, 4) is 0 Å². The molecule has 0 aliphatic heterocycles. The van der Waals surface area contributed by atoms with Crippen molar-refractivity contribution < 1.29 is 14.6 Å². The maximum atomic E-state index is 12.1. The molecule has 2 unspecified atom stereocenters. The molecular weight excluding hydrogens is 312 g/mol. The lowest BCUT2D eigenvalue weighted by Crippen LogP contribution is -2.53. The van der Waals surface area contributed by atoms with Crippen LogP contribution in [0.25, 0.3) is 0 Å². The molecule has 0 radical (unpaired) electrons. The molecule has 0 amide bonds. The minimum Gasteiger partial charge on any atom is -0.481 e. The second-order valence-electron chi connectivity index (χ2n) is 9.11. The summed E-state index contributed by atoms with van der Waals surface area (Å²) in [7, 11) is 0. The first-order chi connectivity index (χ1) is 11.7. The zero-order valence-electron chi connectivity index (χ0n) is 16.5. The highest BCUT2D eigenvalue weighted by molar-refractivity contribution is 5.75. The number of aliphatic carboxylic acids is 1. The number of rotatable bonds is 4. The Morgan fingerprint density at radius 2 is 2.08 bits per heavy atom. The first-order valence-corrected chi connectivity index (χ1v) is 10.0. The van der Waals surface area contributed by atoms with Crippen molar-refractivity contribution in [1.29, 1.82) is 0 Å². The molecule has 0 heterocycles. The first-order valence-electron chi connectivity index (χ1n) is 10.0. The molecule has 25 heavy (non-hydrogen) atoms. The van der Waals surface area contributed by atoms with Gasteiger partial charge in [0.15, 0.2) is 0 Å². The number of carboxylic acid groups (broad SMARTS) is 1. The molecule has 1 saturated carbocycles. The predicted molar refractivity (Wildman–Crippen MR) is 100 cm³/mol. The van der Waals surface area contributed by atoms with E-state index in [0.717, 1.165) is 38.7 Å². The smallest absolute Gasteiger partial charge is 0.309 e. The fourth-order valence-electron chi connectivity index (χ4n) is 6.00. The van der Waals surface area contributed by atoms with Gasteiger partial charge in [-0.25, -0.2) is 0 Å². The summed E-state index contributed by atoms with van der Waals surface area (Å²) in [5.41, 5.74) is 2.30. The molecule has 3 aliphatic rings. The molecule has 1 fully saturated rings. The Hall–Kier alpha value is -1.09. The van der Waals surface area contributed by atoms with Crippen LogP contribution in [0.1, 0.15) is 66.7 Å². The molecule has 0 aromatic carbocycles. The van der Waals surface area contributed by atoms with Crippen LogP contribution in [0, 0.1) is 28.6 Å². The molecule has 0 saturated heterocycles. The average molecular weight is 347 g/mol. The molecule has 3 aliphatic carbocycles. The normalized spacial score (nSPS) is 40.8. The third-order valence-electron chi connectivity index (χ3n) is 7.44. The molecule has 0 aromatic rings. The molecular formula is C22H34O3. The van der Waals surface area contributed by atoms with Crippen molar-refractivity contribution in [2.24, 2.45) is 28.6 Å². The van der Waals surface area contributed by atoms with E-state index >= 15 is 0 Å².